The molecule has 2 aromatic carbocycles. The van der Waals surface area contributed by atoms with Crippen LogP contribution in [0.1, 0.15) is 16.7 Å². The van der Waals surface area contributed by atoms with Gasteiger partial charge in [0.2, 0.25) is 5.91 Å². The van der Waals surface area contributed by atoms with Crippen molar-refractivity contribution in [3.8, 4) is 5.75 Å². The van der Waals surface area contributed by atoms with E-state index in [0.29, 0.717) is 12.3 Å². The zero-order valence-electron chi connectivity index (χ0n) is 14.0. The second-order valence-corrected chi connectivity index (χ2v) is 6.96. The van der Waals surface area contributed by atoms with Crippen LogP contribution in [0.3, 0.4) is 0 Å². The van der Waals surface area contributed by atoms with Gasteiger partial charge in [-0.05, 0) is 42.7 Å². The molecular formula is C19H22ClNO2S. The molecule has 1 N–H and O–H groups in total. The highest BCUT2D eigenvalue weighted by molar-refractivity contribution is 7.99. The molecule has 2 rings (SSSR count). The van der Waals surface area contributed by atoms with Crippen molar-refractivity contribution in [1.82, 2.24) is 5.32 Å². The van der Waals surface area contributed by atoms with Gasteiger partial charge in [-0.15, -0.1) is 11.8 Å². The fourth-order valence-corrected chi connectivity index (χ4v) is 3.28. The fraction of sp³-hybridized carbons (Fsp3) is 0.316. The minimum absolute atomic E-state index is 0.0561. The van der Waals surface area contributed by atoms with Gasteiger partial charge in [-0.25, -0.2) is 0 Å². The molecule has 0 fully saturated rings. The number of hydrogen-bond donors (Lipinski definition) is 1. The maximum Gasteiger partial charge on any atom is 0.230 e. The predicted octanol–water partition coefficient (Wildman–Crippen LogP) is 4.25. The van der Waals surface area contributed by atoms with Crippen LogP contribution in [0.4, 0.5) is 0 Å². The van der Waals surface area contributed by atoms with Crippen molar-refractivity contribution in [1.29, 1.82) is 0 Å². The molecule has 2 aromatic rings. The Morgan fingerprint density at radius 3 is 2.67 bits per heavy atom. The van der Waals surface area contributed by atoms with E-state index in [4.69, 9.17) is 16.3 Å². The third kappa shape index (κ3) is 6.10. The van der Waals surface area contributed by atoms with E-state index < -0.39 is 0 Å². The summed E-state index contributed by atoms with van der Waals surface area (Å²) in [5, 5.41) is 3.69. The summed E-state index contributed by atoms with van der Waals surface area (Å²) in [5.41, 5.74) is 3.48. The van der Waals surface area contributed by atoms with Gasteiger partial charge in [0.05, 0.1) is 12.9 Å². The molecule has 0 aliphatic rings. The SMILES string of the molecule is COc1ccc(C)cc1CCNC(=O)CSCc1ccc(Cl)cc1. The lowest BCUT2D eigenvalue weighted by molar-refractivity contribution is -0.118. The fourth-order valence-electron chi connectivity index (χ4n) is 2.33. The van der Waals surface area contributed by atoms with Gasteiger partial charge in [0.15, 0.2) is 0 Å². The lowest BCUT2D eigenvalue weighted by Crippen LogP contribution is -2.27. The summed E-state index contributed by atoms with van der Waals surface area (Å²) in [4.78, 5) is 11.9. The highest BCUT2D eigenvalue weighted by atomic mass is 35.5. The number of methoxy groups -OCH3 is 1. The van der Waals surface area contributed by atoms with E-state index in [2.05, 4.69) is 18.3 Å². The van der Waals surface area contributed by atoms with Crippen molar-refractivity contribution in [2.45, 2.75) is 19.1 Å². The van der Waals surface area contributed by atoms with Crippen LogP contribution >= 0.6 is 23.4 Å². The average molecular weight is 364 g/mol. The number of benzene rings is 2. The molecule has 0 heterocycles. The molecule has 0 aliphatic heterocycles. The number of thioether (sulfide) groups is 1. The van der Waals surface area contributed by atoms with Crippen molar-refractivity contribution in [3.63, 3.8) is 0 Å². The van der Waals surface area contributed by atoms with Crippen LogP contribution in [-0.2, 0) is 17.0 Å². The second kappa shape index (κ2) is 9.60. The zero-order chi connectivity index (χ0) is 17.4. The lowest BCUT2D eigenvalue weighted by Gasteiger charge is -2.10. The summed E-state index contributed by atoms with van der Waals surface area (Å²) < 4.78 is 5.35. The van der Waals surface area contributed by atoms with E-state index in [-0.39, 0.29) is 5.91 Å². The number of amides is 1. The van der Waals surface area contributed by atoms with Crippen molar-refractivity contribution < 1.29 is 9.53 Å². The monoisotopic (exact) mass is 363 g/mol. The summed E-state index contributed by atoms with van der Waals surface area (Å²) in [5.74, 6) is 2.18. The Balaban J connectivity index is 1.70. The molecular weight excluding hydrogens is 342 g/mol. The number of carbonyl (C=O) groups is 1. The van der Waals surface area contributed by atoms with Crippen LogP contribution in [0.15, 0.2) is 42.5 Å². The van der Waals surface area contributed by atoms with Gasteiger partial charge in [0, 0.05) is 17.3 Å². The quantitative estimate of drug-likeness (QED) is 0.762. The summed E-state index contributed by atoms with van der Waals surface area (Å²) >= 11 is 7.45. The molecule has 0 saturated heterocycles. The Kier molecular flexibility index (Phi) is 7.47. The first-order chi connectivity index (χ1) is 11.6. The van der Waals surface area contributed by atoms with Crippen molar-refractivity contribution >= 4 is 29.3 Å². The Hall–Kier alpha value is -1.65. The highest BCUT2D eigenvalue weighted by Crippen LogP contribution is 2.20. The Morgan fingerprint density at radius 2 is 1.96 bits per heavy atom. The maximum absolute atomic E-state index is 11.9. The van der Waals surface area contributed by atoms with E-state index in [1.54, 1.807) is 18.9 Å². The normalized spacial score (nSPS) is 10.5. The van der Waals surface area contributed by atoms with Crippen LogP contribution in [0.25, 0.3) is 0 Å². The number of hydrogen-bond acceptors (Lipinski definition) is 3. The van der Waals surface area contributed by atoms with Crippen LogP contribution in [0.2, 0.25) is 5.02 Å². The minimum Gasteiger partial charge on any atom is -0.496 e. The van der Waals surface area contributed by atoms with Crippen LogP contribution in [-0.4, -0.2) is 25.3 Å². The Labute approximate surface area is 152 Å². The molecule has 0 radical (unpaired) electrons. The number of rotatable bonds is 8. The largest absolute Gasteiger partial charge is 0.496 e. The number of ether oxygens (including phenoxy) is 1. The van der Waals surface area contributed by atoms with E-state index in [9.17, 15) is 4.79 Å². The molecule has 0 unspecified atom stereocenters. The first-order valence-corrected chi connectivity index (χ1v) is 9.34. The summed E-state index contributed by atoms with van der Waals surface area (Å²) in [6, 6.07) is 13.8. The predicted molar refractivity (Wildman–Crippen MR) is 102 cm³/mol. The molecule has 0 spiro atoms. The van der Waals surface area contributed by atoms with Gasteiger partial charge < -0.3 is 10.1 Å². The second-order valence-electron chi connectivity index (χ2n) is 5.53. The van der Waals surface area contributed by atoms with Gasteiger partial charge in [-0.3, -0.25) is 4.79 Å². The Morgan fingerprint density at radius 1 is 1.21 bits per heavy atom. The summed E-state index contributed by atoms with van der Waals surface area (Å²) in [6.07, 6.45) is 0.762. The zero-order valence-corrected chi connectivity index (χ0v) is 15.5. The number of carbonyl (C=O) groups excluding carboxylic acids is 1. The molecule has 0 atom stereocenters. The lowest BCUT2D eigenvalue weighted by atomic mass is 10.1. The number of nitrogens with one attached hydrogen (secondary N) is 1. The molecule has 5 heteroatoms. The number of aryl methyl sites for hydroxylation is 1. The van der Waals surface area contributed by atoms with Crippen LogP contribution in [0, 0.1) is 6.92 Å². The standard InChI is InChI=1S/C19H22ClNO2S/c1-14-3-8-18(23-2)16(11-14)9-10-21-19(22)13-24-12-15-4-6-17(20)7-5-15/h3-8,11H,9-10,12-13H2,1-2H3,(H,21,22). The van der Waals surface area contributed by atoms with Crippen LogP contribution < -0.4 is 10.1 Å². The van der Waals surface area contributed by atoms with Crippen molar-refractivity contribution in [2.24, 2.45) is 0 Å². The Bertz CT molecular complexity index is 674. The van der Waals surface area contributed by atoms with Crippen molar-refractivity contribution in [3.05, 3.63) is 64.2 Å². The van der Waals surface area contributed by atoms with Crippen LogP contribution in [0.5, 0.6) is 5.75 Å². The van der Waals surface area contributed by atoms with Crippen molar-refractivity contribution in [2.75, 3.05) is 19.4 Å². The first-order valence-electron chi connectivity index (χ1n) is 7.81. The average Bonchev–Trinajstić information content (AvgIpc) is 2.57. The van der Waals surface area contributed by atoms with E-state index >= 15 is 0 Å². The van der Waals surface area contributed by atoms with Gasteiger partial charge in [0.1, 0.15) is 5.75 Å². The molecule has 0 aliphatic carbocycles. The molecule has 0 saturated carbocycles. The van der Waals surface area contributed by atoms with E-state index in [1.807, 2.05) is 36.4 Å². The molecule has 3 nitrogen and oxygen atoms in total. The molecule has 0 bridgehead atoms. The van der Waals surface area contributed by atoms with Gasteiger partial charge in [-0.2, -0.15) is 0 Å². The first kappa shape index (κ1) is 18.7. The molecule has 1 amide bonds. The van der Waals surface area contributed by atoms with E-state index in [0.717, 1.165) is 28.5 Å². The third-order valence-electron chi connectivity index (χ3n) is 3.57. The van der Waals surface area contributed by atoms with E-state index in [1.165, 1.54) is 11.1 Å². The maximum atomic E-state index is 11.9. The number of halogens is 1. The highest BCUT2D eigenvalue weighted by Gasteiger charge is 2.05. The van der Waals surface area contributed by atoms with Gasteiger partial charge in [-0.1, -0.05) is 41.4 Å². The summed E-state index contributed by atoms with van der Waals surface area (Å²) in [6.45, 7) is 2.66. The molecule has 0 aromatic heterocycles. The molecule has 24 heavy (non-hydrogen) atoms. The smallest absolute Gasteiger partial charge is 0.230 e. The topological polar surface area (TPSA) is 38.3 Å². The third-order valence-corrected chi connectivity index (χ3v) is 4.82. The van der Waals surface area contributed by atoms with Gasteiger partial charge in [0.25, 0.3) is 0 Å². The molecule has 128 valence electrons. The summed E-state index contributed by atoms with van der Waals surface area (Å²) in [7, 11) is 1.67. The minimum atomic E-state index is 0.0561. The van der Waals surface area contributed by atoms with Gasteiger partial charge >= 0.3 is 0 Å².